The molecule has 4 heteroatoms. The van der Waals surface area contributed by atoms with Gasteiger partial charge in [-0.2, -0.15) is 0 Å². The minimum atomic E-state index is -0.227. The van der Waals surface area contributed by atoms with Crippen molar-refractivity contribution in [2.24, 2.45) is 0 Å². The highest BCUT2D eigenvalue weighted by Gasteiger charge is 2.41. The summed E-state index contributed by atoms with van der Waals surface area (Å²) in [7, 11) is 0. The Bertz CT molecular complexity index is 175. The van der Waals surface area contributed by atoms with E-state index in [9.17, 15) is 4.79 Å². The SMILES string of the molecule is O=C1CC2(CCCNC2)ON1. The highest BCUT2D eigenvalue weighted by Crippen LogP contribution is 2.27. The van der Waals surface area contributed by atoms with E-state index in [1.165, 1.54) is 0 Å². The van der Waals surface area contributed by atoms with E-state index in [0.717, 1.165) is 25.9 Å². The lowest BCUT2D eigenvalue weighted by Crippen LogP contribution is -2.45. The molecular formula is C7H12N2O2. The molecule has 0 aliphatic carbocycles. The minimum absolute atomic E-state index is 0.00806. The van der Waals surface area contributed by atoms with Crippen LogP contribution in [0.3, 0.4) is 0 Å². The van der Waals surface area contributed by atoms with Crippen LogP contribution < -0.4 is 10.8 Å². The lowest BCUT2D eigenvalue weighted by Gasteiger charge is -2.30. The fraction of sp³-hybridized carbons (Fsp3) is 0.857. The monoisotopic (exact) mass is 156 g/mol. The van der Waals surface area contributed by atoms with Gasteiger partial charge in [0.15, 0.2) is 0 Å². The van der Waals surface area contributed by atoms with Gasteiger partial charge in [-0.1, -0.05) is 0 Å². The van der Waals surface area contributed by atoms with Crippen LogP contribution in [0.2, 0.25) is 0 Å². The van der Waals surface area contributed by atoms with Crippen molar-refractivity contribution in [3.05, 3.63) is 0 Å². The van der Waals surface area contributed by atoms with Crippen molar-refractivity contribution in [1.29, 1.82) is 0 Å². The average molecular weight is 156 g/mol. The first-order valence-corrected chi connectivity index (χ1v) is 3.98. The molecule has 2 rings (SSSR count). The third kappa shape index (κ3) is 1.23. The Balaban J connectivity index is 2.03. The van der Waals surface area contributed by atoms with Gasteiger partial charge in [0.25, 0.3) is 0 Å². The van der Waals surface area contributed by atoms with Crippen LogP contribution in [0.1, 0.15) is 19.3 Å². The van der Waals surface area contributed by atoms with Crippen molar-refractivity contribution in [3.8, 4) is 0 Å². The third-order valence-electron chi connectivity index (χ3n) is 2.30. The number of hydrogen-bond donors (Lipinski definition) is 2. The second-order valence-corrected chi connectivity index (χ2v) is 3.27. The molecule has 4 nitrogen and oxygen atoms in total. The van der Waals surface area contributed by atoms with Gasteiger partial charge in [0.05, 0.1) is 6.42 Å². The molecule has 1 spiro atoms. The topological polar surface area (TPSA) is 50.4 Å². The molecule has 2 saturated heterocycles. The summed E-state index contributed by atoms with van der Waals surface area (Å²) in [5.74, 6) is 0.00806. The molecule has 0 aromatic rings. The number of rotatable bonds is 0. The van der Waals surface area contributed by atoms with Crippen molar-refractivity contribution < 1.29 is 9.63 Å². The van der Waals surface area contributed by atoms with Gasteiger partial charge in [-0.05, 0) is 19.4 Å². The van der Waals surface area contributed by atoms with E-state index in [4.69, 9.17) is 4.84 Å². The fourth-order valence-electron chi connectivity index (χ4n) is 1.71. The Labute approximate surface area is 65.2 Å². The van der Waals surface area contributed by atoms with Gasteiger partial charge < -0.3 is 5.32 Å². The molecule has 1 atom stereocenters. The van der Waals surface area contributed by atoms with E-state index in [1.807, 2.05) is 0 Å². The Morgan fingerprint density at radius 1 is 1.55 bits per heavy atom. The van der Waals surface area contributed by atoms with Crippen molar-refractivity contribution in [1.82, 2.24) is 10.8 Å². The highest BCUT2D eigenvalue weighted by atomic mass is 16.7. The quantitative estimate of drug-likeness (QED) is 0.500. The normalized spacial score (nSPS) is 37.6. The Morgan fingerprint density at radius 3 is 3.00 bits per heavy atom. The first-order valence-electron chi connectivity index (χ1n) is 3.98. The molecule has 0 aromatic heterocycles. The first-order chi connectivity index (χ1) is 5.31. The van der Waals surface area contributed by atoms with E-state index in [1.54, 1.807) is 0 Å². The Hall–Kier alpha value is -0.610. The van der Waals surface area contributed by atoms with E-state index in [-0.39, 0.29) is 11.5 Å². The molecule has 1 unspecified atom stereocenters. The van der Waals surface area contributed by atoms with E-state index >= 15 is 0 Å². The zero-order valence-electron chi connectivity index (χ0n) is 6.35. The van der Waals surface area contributed by atoms with Gasteiger partial charge in [0.2, 0.25) is 5.91 Å². The maximum Gasteiger partial charge on any atom is 0.246 e. The molecule has 0 bridgehead atoms. The highest BCUT2D eigenvalue weighted by molar-refractivity contribution is 5.77. The zero-order chi connectivity index (χ0) is 7.73. The number of carbonyl (C=O) groups excluding carboxylic acids is 1. The van der Waals surface area contributed by atoms with E-state index in [0.29, 0.717) is 6.42 Å². The molecule has 0 radical (unpaired) electrons. The van der Waals surface area contributed by atoms with Crippen LogP contribution >= 0.6 is 0 Å². The van der Waals surface area contributed by atoms with Gasteiger partial charge in [0, 0.05) is 6.54 Å². The van der Waals surface area contributed by atoms with Gasteiger partial charge in [0.1, 0.15) is 5.60 Å². The number of hydroxylamine groups is 1. The number of carbonyl (C=O) groups is 1. The predicted octanol–water partition coefficient (Wildman–Crippen LogP) is -0.440. The van der Waals surface area contributed by atoms with Crippen LogP contribution in [-0.4, -0.2) is 24.6 Å². The molecule has 1 amide bonds. The second kappa shape index (κ2) is 2.46. The van der Waals surface area contributed by atoms with Crippen molar-refractivity contribution in [2.75, 3.05) is 13.1 Å². The van der Waals surface area contributed by atoms with Crippen molar-refractivity contribution in [2.45, 2.75) is 24.9 Å². The lowest BCUT2D eigenvalue weighted by atomic mass is 9.91. The number of piperidine rings is 1. The van der Waals surface area contributed by atoms with Crippen molar-refractivity contribution in [3.63, 3.8) is 0 Å². The maximum absolute atomic E-state index is 10.9. The number of nitrogens with one attached hydrogen (secondary N) is 2. The molecule has 2 aliphatic heterocycles. The summed E-state index contributed by atoms with van der Waals surface area (Å²) in [5, 5.41) is 3.22. The van der Waals surface area contributed by atoms with Gasteiger partial charge in [-0.3, -0.25) is 9.63 Å². The first kappa shape index (κ1) is 7.06. The molecular weight excluding hydrogens is 144 g/mol. The number of hydrogen-bond acceptors (Lipinski definition) is 3. The summed E-state index contributed by atoms with van der Waals surface area (Å²) < 4.78 is 0. The van der Waals surface area contributed by atoms with Crippen molar-refractivity contribution >= 4 is 5.91 Å². The average Bonchev–Trinajstić information content (AvgIpc) is 2.34. The largest absolute Gasteiger partial charge is 0.314 e. The summed E-state index contributed by atoms with van der Waals surface area (Å²) in [6, 6.07) is 0. The Kier molecular flexibility index (Phi) is 1.58. The van der Waals surface area contributed by atoms with Gasteiger partial charge in [-0.15, -0.1) is 0 Å². The van der Waals surface area contributed by atoms with Gasteiger partial charge in [-0.25, -0.2) is 5.48 Å². The zero-order valence-corrected chi connectivity index (χ0v) is 6.35. The second-order valence-electron chi connectivity index (χ2n) is 3.27. The van der Waals surface area contributed by atoms with Crippen LogP contribution in [0.5, 0.6) is 0 Å². The molecule has 2 fully saturated rings. The molecule has 62 valence electrons. The summed E-state index contributed by atoms with van der Waals surface area (Å²) >= 11 is 0. The summed E-state index contributed by atoms with van der Waals surface area (Å²) in [4.78, 5) is 16.1. The smallest absolute Gasteiger partial charge is 0.246 e. The molecule has 2 heterocycles. The van der Waals surface area contributed by atoms with Crippen LogP contribution in [0.4, 0.5) is 0 Å². The fourth-order valence-corrected chi connectivity index (χ4v) is 1.71. The third-order valence-corrected chi connectivity index (χ3v) is 2.30. The summed E-state index contributed by atoms with van der Waals surface area (Å²) in [6.45, 7) is 1.84. The summed E-state index contributed by atoms with van der Waals surface area (Å²) in [6.07, 6.45) is 2.59. The summed E-state index contributed by atoms with van der Waals surface area (Å²) in [5.41, 5.74) is 2.17. The lowest BCUT2D eigenvalue weighted by molar-refractivity contribution is -0.126. The molecule has 0 saturated carbocycles. The molecule has 11 heavy (non-hydrogen) atoms. The Morgan fingerprint density at radius 2 is 2.45 bits per heavy atom. The van der Waals surface area contributed by atoms with Crippen LogP contribution in [-0.2, 0) is 9.63 Å². The molecule has 2 N–H and O–H groups in total. The van der Waals surface area contributed by atoms with E-state index < -0.39 is 0 Å². The van der Waals surface area contributed by atoms with Crippen LogP contribution in [0.15, 0.2) is 0 Å². The minimum Gasteiger partial charge on any atom is -0.314 e. The molecule has 2 aliphatic rings. The maximum atomic E-state index is 10.9. The predicted molar refractivity (Wildman–Crippen MR) is 38.7 cm³/mol. The van der Waals surface area contributed by atoms with Gasteiger partial charge >= 0.3 is 0 Å². The number of amides is 1. The standard InChI is InChI=1S/C7H12N2O2/c10-6-4-7(11-9-6)2-1-3-8-5-7/h8H,1-5H2,(H,9,10). The van der Waals surface area contributed by atoms with Crippen LogP contribution in [0, 0.1) is 0 Å². The van der Waals surface area contributed by atoms with E-state index in [2.05, 4.69) is 10.8 Å². The van der Waals surface area contributed by atoms with Crippen LogP contribution in [0.25, 0.3) is 0 Å². The molecule has 0 aromatic carbocycles.